The van der Waals surface area contributed by atoms with Crippen LogP contribution in [0, 0.1) is 0 Å². The maximum Gasteiger partial charge on any atom is 0.338 e. The van der Waals surface area contributed by atoms with E-state index < -0.39 is 18.0 Å². The van der Waals surface area contributed by atoms with Crippen molar-refractivity contribution in [3.63, 3.8) is 0 Å². The van der Waals surface area contributed by atoms with Gasteiger partial charge in [-0.05, 0) is 24.6 Å². The molecule has 0 fully saturated rings. The monoisotopic (exact) mass is 440 g/mol. The summed E-state index contributed by atoms with van der Waals surface area (Å²) in [6.45, 7) is 11.4. The number of hydrogen-bond acceptors (Lipinski definition) is 6. The Hall–Kier alpha value is -2.81. The molecule has 1 aromatic rings. The van der Waals surface area contributed by atoms with Crippen molar-refractivity contribution in [2.24, 2.45) is 0 Å². The van der Waals surface area contributed by atoms with E-state index in [1.165, 1.54) is 38.3 Å². The van der Waals surface area contributed by atoms with Gasteiger partial charge in [0, 0.05) is 19.2 Å². The Kier molecular flexibility index (Phi) is 17.9. The summed E-state index contributed by atoms with van der Waals surface area (Å²) in [5.74, 6) is -1.25. The van der Waals surface area contributed by atoms with Crippen LogP contribution in [0.2, 0.25) is 0 Å². The first-order chi connectivity index (χ1) is 14.2. The Balaban J connectivity index is 0. The lowest BCUT2D eigenvalue weighted by atomic mass is 10.1. The van der Waals surface area contributed by atoms with E-state index in [1.807, 2.05) is 20.8 Å². The Morgan fingerprint density at radius 2 is 1.63 bits per heavy atom. The molecule has 168 valence electrons. The average molecular weight is 441 g/mol. The van der Waals surface area contributed by atoms with Gasteiger partial charge in [-0.1, -0.05) is 39.8 Å². The summed E-state index contributed by atoms with van der Waals surface area (Å²) in [4.78, 5) is 44.8. The molecule has 0 bridgehead atoms. The number of amides is 2. The number of urea groups is 1. The Morgan fingerprint density at radius 1 is 1.10 bits per heavy atom. The Bertz CT molecular complexity index is 703. The van der Waals surface area contributed by atoms with E-state index in [-0.39, 0.29) is 28.5 Å². The van der Waals surface area contributed by atoms with Gasteiger partial charge in [0.15, 0.2) is 5.12 Å². The lowest BCUT2D eigenvalue weighted by molar-refractivity contribution is -0.108. The first-order valence-corrected chi connectivity index (χ1v) is 9.95. The standard InChI is InChI=1S/C17H22N2O5.C2H4OS.C2H6/c1-4-6-7-18-17(22)19-14-10-12(15(20)23-3)9-13(11-14)16(21)24-8-5-2;1-2(3)4;1-2/h5,9-11H,2,4,6-8H2,1,3H3,(H2,18,19,22);1H3,(H,3,4);1-2H3. The Morgan fingerprint density at radius 3 is 2.10 bits per heavy atom. The molecular weight excluding hydrogens is 408 g/mol. The molecule has 30 heavy (non-hydrogen) atoms. The third kappa shape index (κ3) is 14.2. The highest BCUT2D eigenvalue weighted by atomic mass is 32.1. The summed E-state index contributed by atoms with van der Waals surface area (Å²) in [6.07, 6.45) is 3.24. The lowest BCUT2D eigenvalue weighted by Gasteiger charge is -2.11. The molecule has 1 rings (SSSR count). The van der Waals surface area contributed by atoms with Crippen LogP contribution in [0.15, 0.2) is 30.9 Å². The van der Waals surface area contributed by atoms with Crippen LogP contribution in [0.5, 0.6) is 0 Å². The van der Waals surface area contributed by atoms with Crippen molar-refractivity contribution in [3.8, 4) is 0 Å². The highest BCUT2D eigenvalue weighted by Crippen LogP contribution is 2.17. The normalized spacial score (nSPS) is 8.87. The van der Waals surface area contributed by atoms with Gasteiger partial charge in [0.1, 0.15) is 6.61 Å². The zero-order chi connectivity index (χ0) is 23.5. The predicted octanol–water partition coefficient (Wildman–Crippen LogP) is 4.23. The number of methoxy groups -OCH3 is 1. The fraction of sp³-hybridized carbons (Fsp3) is 0.429. The van der Waals surface area contributed by atoms with Gasteiger partial charge in [-0.3, -0.25) is 4.79 Å². The van der Waals surface area contributed by atoms with Crippen LogP contribution in [0.1, 0.15) is 61.3 Å². The molecule has 0 aliphatic carbocycles. The molecule has 0 saturated heterocycles. The van der Waals surface area contributed by atoms with Crippen molar-refractivity contribution in [2.75, 3.05) is 25.6 Å². The molecule has 2 amide bonds. The molecule has 8 nitrogen and oxygen atoms in total. The van der Waals surface area contributed by atoms with Crippen molar-refractivity contribution in [1.82, 2.24) is 5.32 Å². The first kappa shape index (κ1) is 29.4. The molecule has 0 aliphatic rings. The molecule has 9 heteroatoms. The maximum atomic E-state index is 12.0. The highest BCUT2D eigenvalue weighted by molar-refractivity contribution is 7.96. The summed E-state index contributed by atoms with van der Waals surface area (Å²) >= 11 is 3.33. The van der Waals surface area contributed by atoms with E-state index in [4.69, 9.17) is 4.74 Å². The molecule has 1 aromatic carbocycles. The molecule has 0 atom stereocenters. The summed E-state index contributed by atoms with van der Waals surface area (Å²) in [5, 5.41) is 5.13. The molecular formula is C21H32N2O6S. The van der Waals surface area contributed by atoms with E-state index >= 15 is 0 Å². The van der Waals surface area contributed by atoms with Gasteiger partial charge in [0.2, 0.25) is 0 Å². The Labute approximate surface area is 183 Å². The summed E-state index contributed by atoms with van der Waals surface area (Å²) in [7, 11) is 1.23. The van der Waals surface area contributed by atoms with Crippen molar-refractivity contribution in [1.29, 1.82) is 0 Å². The minimum atomic E-state index is -0.630. The molecule has 0 radical (unpaired) electrons. The van der Waals surface area contributed by atoms with E-state index in [1.54, 1.807) is 0 Å². The van der Waals surface area contributed by atoms with Gasteiger partial charge in [-0.25, -0.2) is 14.4 Å². The number of esters is 2. The maximum absolute atomic E-state index is 12.0. The molecule has 0 heterocycles. The van der Waals surface area contributed by atoms with E-state index in [0.717, 1.165) is 12.8 Å². The number of thiol groups is 1. The zero-order valence-corrected chi connectivity index (χ0v) is 19.1. The number of unbranched alkanes of at least 4 members (excludes halogenated alkanes) is 1. The van der Waals surface area contributed by atoms with Crippen LogP contribution < -0.4 is 10.6 Å². The quantitative estimate of drug-likeness (QED) is 0.241. The third-order valence-electron chi connectivity index (χ3n) is 3.00. The topological polar surface area (TPSA) is 111 Å². The van der Waals surface area contributed by atoms with Crippen LogP contribution in [0.25, 0.3) is 0 Å². The SMILES string of the molecule is C=CCOC(=O)c1cc(NC(=O)NCCCC)cc(C(=O)OC)c1.CC.CC(=O)S. The summed E-state index contributed by atoms with van der Waals surface area (Å²) < 4.78 is 9.60. The van der Waals surface area contributed by atoms with E-state index in [2.05, 4.69) is 34.6 Å². The highest BCUT2D eigenvalue weighted by Gasteiger charge is 2.15. The van der Waals surface area contributed by atoms with Gasteiger partial charge in [0.25, 0.3) is 0 Å². The smallest absolute Gasteiger partial charge is 0.338 e. The number of anilines is 1. The van der Waals surface area contributed by atoms with Crippen molar-refractivity contribution in [3.05, 3.63) is 42.0 Å². The number of nitrogens with one attached hydrogen (secondary N) is 2. The van der Waals surface area contributed by atoms with E-state index in [0.29, 0.717) is 6.54 Å². The number of hydrogen-bond donors (Lipinski definition) is 3. The zero-order valence-electron chi connectivity index (χ0n) is 18.2. The fourth-order valence-corrected chi connectivity index (χ4v) is 1.83. The van der Waals surface area contributed by atoms with Gasteiger partial charge in [-0.2, -0.15) is 0 Å². The number of carbonyl (C=O) groups excluding carboxylic acids is 4. The number of benzene rings is 1. The predicted molar refractivity (Wildman–Crippen MR) is 121 cm³/mol. The average Bonchev–Trinajstić information content (AvgIpc) is 2.72. The van der Waals surface area contributed by atoms with Gasteiger partial charge in [0.05, 0.1) is 18.2 Å². The van der Waals surface area contributed by atoms with Crippen LogP contribution in [-0.4, -0.2) is 43.3 Å². The van der Waals surface area contributed by atoms with Crippen LogP contribution >= 0.6 is 12.6 Å². The van der Waals surface area contributed by atoms with Gasteiger partial charge < -0.3 is 20.1 Å². The third-order valence-corrected chi connectivity index (χ3v) is 3.00. The molecule has 0 saturated carbocycles. The summed E-state index contributed by atoms with van der Waals surface area (Å²) in [5.41, 5.74) is 0.551. The fourth-order valence-electron chi connectivity index (χ4n) is 1.83. The van der Waals surface area contributed by atoms with Gasteiger partial charge >= 0.3 is 18.0 Å². The van der Waals surface area contributed by atoms with Crippen molar-refractivity contribution < 1.29 is 28.7 Å². The number of carbonyl (C=O) groups is 4. The van der Waals surface area contributed by atoms with Crippen LogP contribution in [0.3, 0.4) is 0 Å². The molecule has 2 N–H and O–H groups in total. The minimum Gasteiger partial charge on any atom is -0.465 e. The number of rotatable bonds is 8. The van der Waals surface area contributed by atoms with Crippen LogP contribution in [0.4, 0.5) is 10.5 Å². The lowest BCUT2D eigenvalue weighted by Crippen LogP contribution is -2.29. The van der Waals surface area contributed by atoms with Gasteiger partial charge in [-0.15, -0.1) is 12.6 Å². The molecule has 0 spiro atoms. The molecule has 0 unspecified atom stereocenters. The van der Waals surface area contributed by atoms with Crippen LogP contribution in [-0.2, 0) is 14.3 Å². The first-order valence-electron chi connectivity index (χ1n) is 9.50. The summed E-state index contributed by atoms with van der Waals surface area (Å²) in [6, 6.07) is 3.78. The molecule has 0 aromatic heterocycles. The second-order valence-corrected chi connectivity index (χ2v) is 6.06. The second kappa shape index (κ2) is 18.2. The largest absolute Gasteiger partial charge is 0.465 e. The minimum absolute atomic E-state index is 0.0432. The van der Waals surface area contributed by atoms with Crippen molar-refractivity contribution >= 4 is 41.4 Å². The van der Waals surface area contributed by atoms with Crippen molar-refractivity contribution in [2.45, 2.75) is 40.5 Å². The second-order valence-electron chi connectivity index (χ2n) is 5.43. The molecule has 0 aliphatic heterocycles. The number of ether oxygens (including phenoxy) is 2. The van der Waals surface area contributed by atoms with E-state index in [9.17, 15) is 19.2 Å².